The summed E-state index contributed by atoms with van der Waals surface area (Å²) < 4.78 is 6.50. The molecule has 1 amide bonds. The molecule has 6 rings (SSSR count). The predicted octanol–water partition coefficient (Wildman–Crippen LogP) is 8.35. The molecule has 1 unspecified atom stereocenters. The molecule has 0 saturated carbocycles. The molecule has 226 valence electrons. The number of anilines is 1. The summed E-state index contributed by atoms with van der Waals surface area (Å²) in [5, 5.41) is 22.5. The number of thioether (sulfide) groups is 1. The first kappa shape index (κ1) is 30.3. The van der Waals surface area contributed by atoms with Gasteiger partial charge in [0.25, 0.3) is 5.91 Å². The summed E-state index contributed by atoms with van der Waals surface area (Å²) in [4.78, 5) is 28.6. The number of aromatic nitrogens is 2. The zero-order valence-electron chi connectivity index (χ0n) is 24.6. The van der Waals surface area contributed by atoms with Gasteiger partial charge < -0.3 is 9.84 Å². The lowest BCUT2D eigenvalue weighted by Crippen LogP contribution is -2.30. The Morgan fingerprint density at radius 2 is 1.73 bits per heavy atom. The van der Waals surface area contributed by atoms with E-state index in [1.807, 2.05) is 72.8 Å². The van der Waals surface area contributed by atoms with Crippen LogP contribution in [0.25, 0.3) is 16.8 Å². The number of aliphatic hydroxyl groups is 1. The Morgan fingerprint density at radius 1 is 0.978 bits per heavy atom. The second-order valence-electron chi connectivity index (χ2n) is 10.5. The molecule has 4 aromatic carbocycles. The lowest BCUT2D eigenvalue weighted by molar-refractivity contribution is -0.117. The van der Waals surface area contributed by atoms with Crippen molar-refractivity contribution in [2.24, 2.45) is 0 Å². The van der Waals surface area contributed by atoms with E-state index in [2.05, 4.69) is 41.4 Å². The summed E-state index contributed by atoms with van der Waals surface area (Å²) in [6.07, 6.45) is 5.02. The third-order valence-corrected chi connectivity index (χ3v) is 9.60. The second-order valence-corrected chi connectivity index (χ2v) is 12.7. The molecule has 7 nitrogen and oxygen atoms in total. The number of benzene rings is 4. The van der Waals surface area contributed by atoms with Crippen LogP contribution in [0.5, 0.6) is 5.75 Å². The van der Waals surface area contributed by atoms with E-state index in [9.17, 15) is 14.7 Å². The third-order valence-electron chi connectivity index (χ3n) is 7.50. The molecular formula is C36H31N3O4S2. The van der Waals surface area contributed by atoms with Crippen molar-refractivity contribution >= 4 is 56.8 Å². The highest BCUT2D eigenvalue weighted by atomic mass is 32.2. The quantitative estimate of drug-likeness (QED) is 0.0639. The third kappa shape index (κ3) is 6.69. The van der Waals surface area contributed by atoms with Crippen LogP contribution in [0.1, 0.15) is 42.5 Å². The van der Waals surface area contributed by atoms with Crippen LogP contribution >= 0.6 is 23.1 Å². The molecule has 1 aliphatic heterocycles. The van der Waals surface area contributed by atoms with Crippen LogP contribution in [0.4, 0.5) is 5.13 Å². The van der Waals surface area contributed by atoms with Crippen LogP contribution < -0.4 is 9.64 Å². The molecule has 0 spiro atoms. The van der Waals surface area contributed by atoms with Crippen molar-refractivity contribution in [2.75, 3.05) is 11.5 Å². The Labute approximate surface area is 269 Å². The SMILES string of the molecule is CCCCOc1ccc(C2C(C(=O)C=Cc3ccccc3)=C(O)C(=O)N2c2nnc(SCc3cccc4ccccc34)s2)cc1. The van der Waals surface area contributed by atoms with Crippen LogP contribution in [0.2, 0.25) is 0 Å². The number of unbranched alkanes of at least 4 members (excludes halogenated alkanes) is 1. The van der Waals surface area contributed by atoms with E-state index in [1.165, 1.54) is 50.4 Å². The number of fused-ring (bicyclic) bond motifs is 1. The summed E-state index contributed by atoms with van der Waals surface area (Å²) in [5.41, 5.74) is 2.64. The van der Waals surface area contributed by atoms with Crippen LogP contribution in [-0.2, 0) is 15.3 Å². The summed E-state index contributed by atoms with van der Waals surface area (Å²) in [6.45, 7) is 2.70. The maximum Gasteiger partial charge on any atom is 0.296 e. The lowest BCUT2D eigenvalue weighted by atomic mass is 9.95. The first-order valence-corrected chi connectivity index (χ1v) is 16.5. The van der Waals surface area contributed by atoms with Gasteiger partial charge in [0.2, 0.25) is 5.13 Å². The van der Waals surface area contributed by atoms with Gasteiger partial charge >= 0.3 is 0 Å². The standard InChI is InChI=1S/C36H31N3O4S2/c1-2-3-22-43-28-19-17-26(18-20-28)32-31(30(40)21-16-24-10-5-4-6-11-24)33(41)34(42)39(32)35-37-38-36(45-35)44-23-27-14-9-13-25-12-7-8-15-29(25)27/h4-21,32,41H,2-3,22-23H2,1H3. The van der Waals surface area contributed by atoms with Crippen molar-refractivity contribution in [1.82, 2.24) is 10.2 Å². The number of ether oxygens (including phenoxy) is 1. The van der Waals surface area contributed by atoms with Gasteiger partial charge in [-0.15, -0.1) is 10.2 Å². The molecule has 45 heavy (non-hydrogen) atoms. The minimum Gasteiger partial charge on any atom is -0.503 e. The van der Waals surface area contributed by atoms with Crippen molar-refractivity contribution in [3.63, 3.8) is 0 Å². The van der Waals surface area contributed by atoms with Crippen molar-refractivity contribution in [3.8, 4) is 5.75 Å². The Kier molecular flexibility index (Phi) is 9.38. The van der Waals surface area contributed by atoms with E-state index < -0.39 is 23.5 Å². The van der Waals surface area contributed by atoms with Crippen LogP contribution in [0.15, 0.2) is 119 Å². The summed E-state index contributed by atoms with van der Waals surface area (Å²) >= 11 is 2.78. The highest BCUT2D eigenvalue weighted by Gasteiger charge is 2.45. The average molecular weight is 634 g/mol. The molecule has 1 aromatic heterocycles. The van der Waals surface area contributed by atoms with Crippen molar-refractivity contribution in [2.45, 2.75) is 35.9 Å². The Bertz CT molecular complexity index is 1880. The molecule has 0 radical (unpaired) electrons. The van der Waals surface area contributed by atoms with E-state index in [4.69, 9.17) is 4.74 Å². The molecule has 9 heteroatoms. The van der Waals surface area contributed by atoms with Crippen molar-refractivity contribution in [1.29, 1.82) is 0 Å². The average Bonchev–Trinajstić information content (AvgIpc) is 3.65. The van der Waals surface area contributed by atoms with Gasteiger partial charge in [-0.05, 0) is 52.1 Å². The van der Waals surface area contributed by atoms with Gasteiger partial charge in [0.05, 0.1) is 18.2 Å². The number of aliphatic hydroxyl groups excluding tert-OH is 1. The van der Waals surface area contributed by atoms with Gasteiger partial charge in [-0.3, -0.25) is 14.5 Å². The van der Waals surface area contributed by atoms with E-state index in [0.29, 0.717) is 33.1 Å². The van der Waals surface area contributed by atoms with E-state index in [1.54, 1.807) is 6.08 Å². The fourth-order valence-electron chi connectivity index (χ4n) is 5.19. The monoisotopic (exact) mass is 633 g/mol. The van der Waals surface area contributed by atoms with E-state index in [0.717, 1.165) is 18.4 Å². The number of hydrogen-bond donors (Lipinski definition) is 1. The number of amides is 1. The fraction of sp³-hybridized carbons (Fsp3) is 0.167. The number of ketones is 1. The fourth-order valence-corrected chi connectivity index (χ4v) is 7.06. The molecule has 0 saturated heterocycles. The molecule has 1 aliphatic rings. The van der Waals surface area contributed by atoms with Gasteiger partial charge in [-0.1, -0.05) is 127 Å². The highest BCUT2D eigenvalue weighted by Crippen LogP contribution is 2.43. The molecule has 2 heterocycles. The van der Waals surface area contributed by atoms with Crippen LogP contribution in [-0.4, -0.2) is 33.6 Å². The van der Waals surface area contributed by atoms with Gasteiger partial charge in [0.1, 0.15) is 5.75 Å². The van der Waals surface area contributed by atoms with Crippen LogP contribution in [0, 0.1) is 0 Å². The first-order chi connectivity index (χ1) is 22.0. The molecule has 0 bridgehead atoms. The zero-order chi connectivity index (χ0) is 31.2. The molecular weight excluding hydrogens is 603 g/mol. The molecule has 1 atom stereocenters. The minimum absolute atomic E-state index is 0.00742. The number of rotatable bonds is 12. The Hall–Kier alpha value is -4.73. The minimum atomic E-state index is -0.890. The van der Waals surface area contributed by atoms with Crippen molar-refractivity contribution < 1.29 is 19.4 Å². The zero-order valence-corrected chi connectivity index (χ0v) is 26.3. The molecule has 5 aromatic rings. The van der Waals surface area contributed by atoms with Gasteiger partial charge in [0, 0.05) is 5.75 Å². The normalized spacial score (nSPS) is 15.0. The van der Waals surface area contributed by atoms with E-state index in [-0.39, 0.29) is 5.57 Å². The number of nitrogens with zero attached hydrogens (tertiary/aromatic N) is 3. The van der Waals surface area contributed by atoms with E-state index >= 15 is 0 Å². The maximum atomic E-state index is 13.6. The first-order valence-electron chi connectivity index (χ1n) is 14.7. The summed E-state index contributed by atoms with van der Waals surface area (Å²) in [7, 11) is 0. The Morgan fingerprint density at radius 3 is 2.53 bits per heavy atom. The van der Waals surface area contributed by atoms with Crippen LogP contribution in [0.3, 0.4) is 0 Å². The highest BCUT2D eigenvalue weighted by molar-refractivity contribution is 8.00. The largest absolute Gasteiger partial charge is 0.503 e. The summed E-state index contributed by atoms with van der Waals surface area (Å²) in [5.74, 6) is -0.385. The number of carbonyl (C=O) groups excluding carboxylic acids is 2. The topological polar surface area (TPSA) is 92.6 Å². The molecule has 0 fully saturated rings. The lowest BCUT2D eigenvalue weighted by Gasteiger charge is -2.24. The van der Waals surface area contributed by atoms with Gasteiger partial charge in [-0.2, -0.15) is 0 Å². The molecule has 0 aliphatic carbocycles. The Balaban J connectivity index is 1.29. The number of allylic oxidation sites excluding steroid dienone is 1. The van der Waals surface area contributed by atoms with Gasteiger partial charge in [0.15, 0.2) is 15.9 Å². The number of hydrogen-bond acceptors (Lipinski definition) is 8. The second kappa shape index (κ2) is 13.9. The number of carbonyl (C=O) groups is 2. The maximum absolute atomic E-state index is 13.6. The van der Waals surface area contributed by atoms with Gasteiger partial charge in [-0.25, -0.2) is 0 Å². The summed E-state index contributed by atoms with van der Waals surface area (Å²) in [6, 6.07) is 30.2. The predicted molar refractivity (Wildman–Crippen MR) is 181 cm³/mol. The van der Waals surface area contributed by atoms with Crippen molar-refractivity contribution in [3.05, 3.63) is 131 Å². The molecule has 1 N–H and O–H groups in total. The smallest absolute Gasteiger partial charge is 0.296 e.